The van der Waals surface area contributed by atoms with Crippen LogP contribution in [-0.4, -0.2) is 15.7 Å². The second kappa shape index (κ2) is 8.18. The van der Waals surface area contributed by atoms with Crippen molar-refractivity contribution in [3.63, 3.8) is 0 Å². The van der Waals surface area contributed by atoms with E-state index in [1.54, 1.807) is 16.9 Å². The zero-order chi connectivity index (χ0) is 18.4. The largest absolute Gasteiger partial charge is 0.416 e. The van der Waals surface area contributed by atoms with Gasteiger partial charge in [-0.05, 0) is 30.0 Å². The maximum Gasteiger partial charge on any atom is 0.416 e. The van der Waals surface area contributed by atoms with E-state index in [1.807, 2.05) is 6.92 Å². The molecule has 0 bridgehead atoms. The van der Waals surface area contributed by atoms with Crippen molar-refractivity contribution in [1.29, 1.82) is 0 Å². The van der Waals surface area contributed by atoms with Crippen molar-refractivity contribution in [2.75, 3.05) is 5.32 Å². The molecule has 0 radical (unpaired) electrons. The maximum atomic E-state index is 12.6. The molecule has 4 nitrogen and oxygen atoms in total. The average Bonchev–Trinajstić information content (AvgIpc) is 2.99. The minimum absolute atomic E-state index is 0.185. The summed E-state index contributed by atoms with van der Waals surface area (Å²) in [7, 11) is 0. The van der Waals surface area contributed by atoms with Crippen molar-refractivity contribution in [2.45, 2.75) is 51.7 Å². The molecule has 0 aliphatic heterocycles. The predicted octanol–water partition coefficient (Wildman–Crippen LogP) is 4.83. The first kappa shape index (κ1) is 19.0. The Labute approximate surface area is 145 Å². The van der Waals surface area contributed by atoms with Gasteiger partial charge in [-0.3, -0.25) is 4.79 Å². The number of nitrogens with zero attached hydrogens (tertiary/aromatic N) is 2. The third-order valence-corrected chi connectivity index (χ3v) is 4.01. The molecule has 1 aromatic heterocycles. The molecule has 0 fully saturated rings. The molecule has 2 aromatic rings. The van der Waals surface area contributed by atoms with Crippen LogP contribution in [0.15, 0.2) is 36.5 Å². The van der Waals surface area contributed by atoms with Gasteiger partial charge in [0.25, 0.3) is 0 Å². The monoisotopic (exact) mass is 353 g/mol. The van der Waals surface area contributed by atoms with Crippen LogP contribution in [0, 0.1) is 0 Å². The quantitative estimate of drug-likeness (QED) is 0.775. The first-order valence-electron chi connectivity index (χ1n) is 8.30. The number of nitrogens with one attached hydrogen (secondary N) is 1. The Morgan fingerprint density at radius 1 is 1.24 bits per heavy atom. The first-order chi connectivity index (χ1) is 11.8. The molecule has 1 atom stereocenters. The van der Waals surface area contributed by atoms with E-state index in [4.69, 9.17) is 0 Å². The summed E-state index contributed by atoms with van der Waals surface area (Å²) in [5, 5.41) is 6.99. The lowest BCUT2D eigenvalue weighted by atomic mass is 9.96. The van der Waals surface area contributed by atoms with E-state index in [0.29, 0.717) is 11.4 Å². The number of rotatable bonds is 7. The Morgan fingerprint density at radius 3 is 2.52 bits per heavy atom. The van der Waals surface area contributed by atoms with Gasteiger partial charge in [-0.15, -0.1) is 0 Å². The topological polar surface area (TPSA) is 46.9 Å². The number of unbranched alkanes of at least 4 members (excludes halogenated alkanes) is 1. The highest BCUT2D eigenvalue weighted by Crippen LogP contribution is 2.30. The highest BCUT2D eigenvalue weighted by Gasteiger charge is 2.30. The standard InChI is InChI=1S/C18H22F3N3O/c1-3-4-11-24-16(9-10-22-24)23-17(25)12-13(2)14-5-7-15(8-6-14)18(19,20)21/h5-10,13H,3-4,11-12H2,1-2H3,(H,23,25). The van der Waals surface area contributed by atoms with Gasteiger partial charge >= 0.3 is 6.18 Å². The Bertz CT molecular complexity index is 692. The van der Waals surface area contributed by atoms with E-state index >= 15 is 0 Å². The Kier molecular flexibility index (Phi) is 6.22. The number of halogens is 3. The summed E-state index contributed by atoms with van der Waals surface area (Å²) in [6, 6.07) is 6.67. The van der Waals surface area contributed by atoms with Gasteiger partial charge in [-0.2, -0.15) is 18.3 Å². The van der Waals surface area contributed by atoms with Gasteiger partial charge in [0.2, 0.25) is 5.91 Å². The fourth-order valence-corrected chi connectivity index (χ4v) is 2.52. The van der Waals surface area contributed by atoms with Crippen LogP contribution >= 0.6 is 0 Å². The van der Waals surface area contributed by atoms with Crippen LogP contribution in [0.5, 0.6) is 0 Å². The van der Waals surface area contributed by atoms with Crippen molar-refractivity contribution < 1.29 is 18.0 Å². The van der Waals surface area contributed by atoms with Gasteiger partial charge in [0.05, 0.1) is 11.8 Å². The third-order valence-electron chi connectivity index (χ3n) is 4.01. The minimum atomic E-state index is -4.35. The summed E-state index contributed by atoms with van der Waals surface area (Å²) in [5.74, 6) is 0.262. The second-order valence-corrected chi connectivity index (χ2v) is 6.07. The summed E-state index contributed by atoms with van der Waals surface area (Å²) < 4.78 is 39.5. The molecule has 136 valence electrons. The van der Waals surface area contributed by atoms with Crippen molar-refractivity contribution in [1.82, 2.24) is 9.78 Å². The third kappa shape index (κ3) is 5.34. The second-order valence-electron chi connectivity index (χ2n) is 6.07. The lowest BCUT2D eigenvalue weighted by Crippen LogP contribution is -2.17. The summed E-state index contributed by atoms with van der Waals surface area (Å²) in [5.41, 5.74) is 0.00960. The number of carbonyl (C=O) groups excluding carboxylic acids is 1. The predicted molar refractivity (Wildman–Crippen MR) is 90.2 cm³/mol. The van der Waals surface area contributed by atoms with Crippen molar-refractivity contribution >= 4 is 11.7 Å². The fourth-order valence-electron chi connectivity index (χ4n) is 2.52. The molecule has 25 heavy (non-hydrogen) atoms. The number of aryl methyl sites for hydroxylation is 1. The van der Waals surface area contributed by atoms with E-state index in [2.05, 4.69) is 17.3 Å². The lowest BCUT2D eigenvalue weighted by molar-refractivity contribution is -0.137. The Balaban J connectivity index is 1.95. The van der Waals surface area contributed by atoms with Crippen LogP contribution in [0.25, 0.3) is 0 Å². The molecular formula is C18H22F3N3O. The fraction of sp³-hybridized carbons (Fsp3) is 0.444. The summed E-state index contributed by atoms with van der Waals surface area (Å²) in [6.07, 6.45) is -0.546. The molecule has 0 saturated carbocycles. The summed E-state index contributed by atoms with van der Waals surface area (Å²) in [4.78, 5) is 12.2. The van der Waals surface area contributed by atoms with Crippen LogP contribution in [0.4, 0.5) is 19.0 Å². The molecule has 7 heteroatoms. The molecule has 0 aliphatic rings. The SMILES string of the molecule is CCCCn1nccc1NC(=O)CC(C)c1ccc(C(F)(F)F)cc1. The van der Waals surface area contributed by atoms with Crippen LogP contribution in [0.2, 0.25) is 0 Å². The van der Waals surface area contributed by atoms with Gasteiger partial charge < -0.3 is 5.32 Å². The normalized spacial score (nSPS) is 12.8. The van der Waals surface area contributed by atoms with Crippen molar-refractivity contribution in [2.24, 2.45) is 0 Å². The molecule has 1 amide bonds. The lowest BCUT2D eigenvalue weighted by Gasteiger charge is -2.14. The van der Waals surface area contributed by atoms with Crippen LogP contribution < -0.4 is 5.32 Å². The molecule has 1 unspecified atom stereocenters. The number of carbonyl (C=O) groups is 1. The van der Waals surface area contributed by atoms with Gasteiger partial charge in [0, 0.05) is 19.0 Å². The van der Waals surface area contributed by atoms with Gasteiger partial charge in [-0.25, -0.2) is 4.68 Å². The molecule has 1 heterocycles. The van der Waals surface area contributed by atoms with Crippen molar-refractivity contribution in [3.8, 4) is 0 Å². The van der Waals surface area contributed by atoms with Crippen molar-refractivity contribution in [3.05, 3.63) is 47.7 Å². The number of aromatic nitrogens is 2. The molecule has 1 N–H and O–H groups in total. The smallest absolute Gasteiger partial charge is 0.311 e. The maximum absolute atomic E-state index is 12.6. The molecule has 0 saturated heterocycles. The number of anilines is 1. The first-order valence-corrected chi connectivity index (χ1v) is 8.30. The molecule has 2 rings (SSSR count). The Hall–Kier alpha value is -2.31. The minimum Gasteiger partial charge on any atom is -0.311 e. The highest BCUT2D eigenvalue weighted by molar-refractivity contribution is 5.90. The summed E-state index contributed by atoms with van der Waals surface area (Å²) >= 11 is 0. The number of amides is 1. The Morgan fingerprint density at radius 2 is 1.92 bits per heavy atom. The molecular weight excluding hydrogens is 331 g/mol. The van der Waals surface area contributed by atoms with E-state index in [0.717, 1.165) is 31.5 Å². The van der Waals surface area contributed by atoms with Crippen LogP contribution in [0.1, 0.15) is 50.2 Å². The van der Waals surface area contributed by atoms with Crippen LogP contribution in [-0.2, 0) is 17.5 Å². The number of alkyl halides is 3. The van der Waals surface area contributed by atoms with E-state index in [9.17, 15) is 18.0 Å². The van der Waals surface area contributed by atoms with E-state index < -0.39 is 11.7 Å². The zero-order valence-electron chi connectivity index (χ0n) is 14.3. The summed E-state index contributed by atoms with van der Waals surface area (Å²) in [6.45, 7) is 4.62. The highest BCUT2D eigenvalue weighted by atomic mass is 19.4. The number of benzene rings is 1. The zero-order valence-corrected chi connectivity index (χ0v) is 14.3. The van der Waals surface area contributed by atoms with E-state index in [1.165, 1.54) is 12.1 Å². The van der Waals surface area contributed by atoms with E-state index in [-0.39, 0.29) is 18.2 Å². The number of hydrogen-bond acceptors (Lipinski definition) is 2. The van der Waals surface area contributed by atoms with Gasteiger partial charge in [0.15, 0.2) is 0 Å². The van der Waals surface area contributed by atoms with Crippen LogP contribution in [0.3, 0.4) is 0 Å². The van der Waals surface area contributed by atoms with Gasteiger partial charge in [0.1, 0.15) is 5.82 Å². The molecule has 1 aromatic carbocycles. The van der Waals surface area contributed by atoms with Gasteiger partial charge in [-0.1, -0.05) is 32.4 Å². The molecule has 0 spiro atoms. The molecule has 0 aliphatic carbocycles. The average molecular weight is 353 g/mol. The number of hydrogen-bond donors (Lipinski definition) is 1.